The van der Waals surface area contributed by atoms with Crippen LogP contribution in [0.15, 0.2) is 18.2 Å². The number of hydrogen-bond donors (Lipinski definition) is 2. The first-order chi connectivity index (χ1) is 7.92. The molecule has 2 N–H and O–H groups in total. The largest absolute Gasteiger partial charge is 0.454 e. The molecule has 4 nitrogen and oxygen atoms in total. The number of fused-ring (bicyclic) bond motifs is 1. The van der Waals surface area contributed by atoms with Gasteiger partial charge < -0.3 is 20.1 Å². The maximum Gasteiger partial charge on any atom is 0.231 e. The molecule has 16 heavy (non-hydrogen) atoms. The smallest absolute Gasteiger partial charge is 0.231 e. The molecule has 0 aromatic heterocycles. The van der Waals surface area contributed by atoms with Crippen LogP contribution < -0.4 is 20.1 Å². The van der Waals surface area contributed by atoms with E-state index in [2.05, 4.69) is 10.6 Å². The minimum atomic E-state index is 0.337. The molecule has 0 spiro atoms. The number of rotatable bonds is 2. The van der Waals surface area contributed by atoms with Crippen LogP contribution in [0.25, 0.3) is 0 Å². The zero-order chi connectivity index (χ0) is 10.8. The van der Waals surface area contributed by atoms with Crippen molar-refractivity contribution in [1.29, 1.82) is 0 Å². The highest BCUT2D eigenvalue weighted by Crippen LogP contribution is 2.34. The summed E-state index contributed by atoms with van der Waals surface area (Å²) >= 11 is 0. The van der Waals surface area contributed by atoms with Gasteiger partial charge in [-0.1, -0.05) is 0 Å². The number of hydrogen-bond acceptors (Lipinski definition) is 4. The molecule has 2 aliphatic rings. The Hall–Kier alpha value is -1.42. The average molecular weight is 220 g/mol. The molecule has 1 aromatic rings. The highest BCUT2D eigenvalue weighted by Gasteiger charge is 2.16. The molecule has 4 heteroatoms. The molecule has 1 fully saturated rings. The summed E-state index contributed by atoms with van der Waals surface area (Å²) < 4.78 is 10.6. The number of piperidine rings is 1. The van der Waals surface area contributed by atoms with E-state index in [0.29, 0.717) is 12.8 Å². The van der Waals surface area contributed by atoms with E-state index in [0.717, 1.165) is 30.3 Å². The van der Waals surface area contributed by atoms with Crippen molar-refractivity contribution < 1.29 is 9.47 Å². The Balaban J connectivity index is 1.69. The third-order valence-corrected chi connectivity index (χ3v) is 3.04. The molecule has 0 aliphatic carbocycles. The Morgan fingerprint density at radius 2 is 2.19 bits per heavy atom. The summed E-state index contributed by atoms with van der Waals surface area (Å²) in [5, 5.41) is 6.90. The van der Waals surface area contributed by atoms with Gasteiger partial charge in [-0.3, -0.25) is 0 Å². The summed E-state index contributed by atoms with van der Waals surface area (Å²) in [5.41, 5.74) is 1.11. The first-order valence-corrected chi connectivity index (χ1v) is 5.79. The second-order valence-corrected chi connectivity index (χ2v) is 4.26. The molecule has 0 bridgehead atoms. The molecule has 2 heterocycles. The van der Waals surface area contributed by atoms with Crippen molar-refractivity contribution in [2.45, 2.75) is 18.9 Å². The first kappa shape index (κ1) is 9.78. The van der Waals surface area contributed by atoms with Gasteiger partial charge in [0.05, 0.1) is 0 Å². The third-order valence-electron chi connectivity index (χ3n) is 3.04. The van der Waals surface area contributed by atoms with Crippen molar-refractivity contribution >= 4 is 5.69 Å². The fourth-order valence-electron chi connectivity index (χ4n) is 2.20. The van der Waals surface area contributed by atoms with Crippen LogP contribution in [0.3, 0.4) is 0 Å². The monoisotopic (exact) mass is 220 g/mol. The molecule has 0 saturated carbocycles. The lowest BCUT2D eigenvalue weighted by atomic mass is 10.1. The van der Waals surface area contributed by atoms with Crippen molar-refractivity contribution in [3.05, 3.63) is 18.2 Å². The number of anilines is 1. The number of ether oxygens (including phenoxy) is 2. The Morgan fingerprint density at radius 1 is 1.25 bits per heavy atom. The van der Waals surface area contributed by atoms with Crippen molar-refractivity contribution in [1.82, 2.24) is 5.32 Å². The summed E-state index contributed by atoms with van der Waals surface area (Å²) in [6, 6.07) is 6.54. The van der Waals surface area contributed by atoms with Crippen molar-refractivity contribution in [3.63, 3.8) is 0 Å². The van der Waals surface area contributed by atoms with Gasteiger partial charge in [0, 0.05) is 24.3 Å². The van der Waals surface area contributed by atoms with Gasteiger partial charge in [0.25, 0.3) is 0 Å². The second kappa shape index (κ2) is 4.22. The SMILES string of the molecule is c1cc2c(cc1NC1CCCNC1)OCO2. The second-order valence-electron chi connectivity index (χ2n) is 4.26. The van der Waals surface area contributed by atoms with Gasteiger partial charge in [-0.05, 0) is 31.5 Å². The van der Waals surface area contributed by atoms with Gasteiger partial charge in [0.15, 0.2) is 11.5 Å². The summed E-state index contributed by atoms with van der Waals surface area (Å²) in [7, 11) is 0. The standard InChI is InChI=1S/C12H16N2O2/c1-2-10(7-13-5-1)14-9-3-4-11-12(6-9)16-8-15-11/h3-4,6,10,13-14H,1-2,5,7-8H2. The van der Waals surface area contributed by atoms with Crippen molar-refractivity contribution in [2.24, 2.45) is 0 Å². The van der Waals surface area contributed by atoms with E-state index in [4.69, 9.17) is 9.47 Å². The minimum absolute atomic E-state index is 0.337. The normalized spacial score (nSPS) is 23.1. The lowest BCUT2D eigenvalue weighted by molar-refractivity contribution is 0.174. The molecule has 1 aromatic carbocycles. The van der Waals surface area contributed by atoms with E-state index in [1.807, 2.05) is 18.2 Å². The van der Waals surface area contributed by atoms with Gasteiger partial charge in [-0.25, -0.2) is 0 Å². The summed E-state index contributed by atoms with van der Waals surface area (Å²) in [5.74, 6) is 1.68. The van der Waals surface area contributed by atoms with Crippen molar-refractivity contribution in [3.8, 4) is 11.5 Å². The predicted molar refractivity (Wildman–Crippen MR) is 62.1 cm³/mol. The van der Waals surface area contributed by atoms with Gasteiger partial charge in [0.2, 0.25) is 6.79 Å². The zero-order valence-electron chi connectivity index (χ0n) is 9.16. The molecule has 0 radical (unpaired) electrons. The third kappa shape index (κ3) is 1.93. The molecule has 1 atom stereocenters. The zero-order valence-corrected chi connectivity index (χ0v) is 9.16. The minimum Gasteiger partial charge on any atom is -0.454 e. The van der Waals surface area contributed by atoms with Gasteiger partial charge >= 0.3 is 0 Å². The summed E-state index contributed by atoms with van der Waals surface area (Å²) in [4.78, 5) is 0. The first-order valence-electron chi connectivity index (χ1n) is 5.79. The maximum atomic E-state index is 5.35. The van der Waals surface area contributed by atoms with E-state index in [-0.39, 0.29) is 0 Å². The maximum absolute atomic E-state index is 5.35. The molecular formula is C12H16N2O2. The molecular weight excluding hydrogens is 204 g/mol. The Bertz CT molecular complexity index is 375. The quantitative estimate of drug-likeness (QED) is 0.794. The fraction of sp³-hybridized carbons (Fsp3) is 0.500. The highest BCUT2D eigenvalue weighted by atomic mass is 16.7. The number of nitrogens with one attached hydrogen (secondary N) is 2. The molecule has 0 amide bonds. The van der Waals surface area contributed by atoms with Gasteiger partial charge in [0.1, 0.15) is 0 Å². The Kier molecular flexibility index (Phi) is 2.58. The van der Waals surface area contributed by atoms with Crippen LogP contribution in [0, 0.1) is 0 Å². The molecule has 86 valence electrons. The van der Waals surface area contributed by atoms with Crippen LogP contribution in [0.2, 0.25) is 0 Å². The van der Waals surface area contributed by atoms with Crippen LogP contribution in [0.5, 0.6) is 11.5 Å². The summed E-state index contributed by atoms with van der Waals surface area (Å²) in [6.07, 6.45) is 2.46. The van der Waals surface area contributed by atoms with Crippen LogP contribution in [-0.2, 0) is 0 Å². The predicted octanol–water partition coefficient (Wildman–Crippen LogP) is 1.58. The molecule has 2 aliphatic heterocycles. The molecule has 3 rings (SSSR count). The van der Waals surface area contributed by atoms with E-state index >= 15 is 0 Å². The van der Waals surface area contributed by atoms with Crippen LogP contribution in [0.4, 0.5) is 5.69 Å². The fourth-order valence-corrected chi connectivity index (χ4v) is 2.20. The lowest BCUT2D eigenvalue weighted by Crippen LogP contribution is -2.38. The average Bonchev–Trinajstić information content (AvgIpc) is 2.77. The summed E-state index contributed by atoms with van der Waals surface area (Å²) in [6.45, 7) is 2.51. The number of benzene rings is 1. The van der Waals surface area contributed by atoms with Crippen molar-refractivity contribution in [2.75, 3.05) is 25.2 Å². The van der Waals surface area contributed by atoms with Crippen LogP contribution in [-0.4, -0.2) is 25.9 Å². The van der Waals surface area contributed by atoms with E-state index in [9.17, 15) is 0 Å². The Labute approximate surface area is 94.9 Å². The van der Waals surface area contributed by atoms with Gasteiger partial charge in [-0.2, -0.15) is 0 Å². The van der Waals surface area contributed by atoms with Crippen LogP contribution >= 0.6 is 0 Å². The molecule has 1 unspecified atom stereocenters. The van der Waals surface area contributed by atoms with Gasteiger partial charge in [-0.15, -0.1) is 0 Å². The lowest BCUT2D eigenvalue weighted by Gasteiger charge is -2.24. The Morgan fingerprint density at radius 3 is 3.06 bits per heavy atom. The molecule has 1 saturated heterocycles. The van der Waals surface area contributed by atoms with E-state index < -0.39 is 0 Å². The van der Waals surface area contributed by atoms with Crippen LogP contribution in [0.1, 0.15) is 12.8 Å². The topological polar surface area (TPSA) is 42.5 Å². The van der Waals surface area contributed by atoms with E-state index in [1.54, 1.807) is 0 Å². The highest BCUT2D eigenvalue weighted by molar-refractivity contribution is 5.56. The van der Waals surface area contributed by atoms with E-state index in [1.165, 1.54) is 12.8 Å².